The lowest BCUT2D eigenvalue weighted by Gasteiger charge is -2.30. The third-order valence-electron chi connectivity index (χ3n) is 7.79. The smallest absolute Gasteiger partial charge is 0.251 e. The molecule has 0 spiro atoms. The Hall–Kier alpha value is -4.27. The summed E-state index contributed by atoms with van der Waals surface area (Å²) < 4.78 is 14.3. The molecule has 11 heteroatoms. The highest BCUT2D eigenvalue weighted by molar-refractivity contribution is 7.58. The number of hydrogen-bond donors (Lipinski definition) is 5. The molecule has 3 unspecified atom stereocenters. The highest BCUT2D eigenvalue weighted by Gasteiger charge is 2.39. The summed E-state index contributed by atoms with van der Waals surface area (Å²) in [5.74, 6) is -5.25. The van der Waals surface area contributed by atoms with E-state index in [1.54, 1.807) is 94.4 Å². The van der Waals surface area contributed by atoms with Crippen LogP contribution in [0.1, 0.15) is 49.2 Å². The molecule has 0 saturated carbocycles. The van der Waals surface area contributed by atoms with E-state index in [9.17, 15) is 28.6 Å². The van der Waals surface area contributed by atoms with Crippen molar-refractivity contribution < 1.29 is 28.6 Å². The van der Waals surface area contributed by atoms with Gasteiger partial charge in [-0.05, 0) is 41.5 Å². The molecule has 246 valence electrons. The zero-order valence-corrected chi connectivity index (χ0v) is 27.7. The van der Waals surface area contributed by atoms with Gasteiger partial charge in [0.1, 0.15) is 17.9 Å². The highest BCUT2D eigenvalue weighted by Crippen LogP contribution is 2.48. The van der Waals surface area contributed by atoms with Crippen LogP contribution in [-0.4, -0.2) is 52.6 Å². The van der Waals surface area contributed by atoms with Crippen LogP contribution >= 0.6 is 7.37 Å². The van der Waals surface area contributed by atoms with Gasteiger partial charge in [-0.25, -0.2) is 0 Å². The number of nitrogens with two attached hydrogens (primary N) is 1. The maximum Gasteiger partial charge on any atom is 0.251 e. The molecule has 0 bridgehead atoms. The SMILES string of the molecule is CC(C)[C@H](NC(=O)[C@@H](NC(=O)C(Cc1ccccc1)CP(=O)(O)C(Cc1ccccc1)NC(=O)c1ccccc1)C(C)C)C(N)=O. The van der Waals surface area contributed by atoms with Crippen molar-refractivity contribution in [1.82, 2.24) is 16.0 Å². The maximum absolute atomic E-state index is 14.3. The Labute approximate surface area is 271 Å². The molecule has 0 aliphatic carbocycles. The number of benzene rings is 3. The van der Waals surface area contributed by atoms with E-state index in [1.165, 1.54) is 0 Å². The summed E-state index contributed by atoms with van der Waals surface area (Å²) in [5, 5.41) is 8.18. The van der Waals surface area contributed by atoms with Crippen LogP contribution in [0.2, 0.25) is 0 Å². The molecule has 3 rings (SSSR count). The van der Waals surface area contributed by atoms with Gasteiger partial charge in [-0.15, -0.1) is 0 Å². The van der Waals surface area contributed by atoms with Gasteiger partial charge in [0.05, 0.1) is 5.92 Å². The predicted molar refractivity (Wildman–Crippen MR) is 179 cm³/mol. The van der Waals surface area contributed by atoms with Crippen molar-refractivity contribution in [2.45, 2.75) is 58.4 Å². The number of primary amides is 1. The molecule has 6 N–H and O–H groups in total. The first-order valence-electron chi connectivity index (χ1n) is 15.4. The maximum atomic E-state index is 14.3. The summed E-state index contributed by atoms with van der Waals surface area (Å²) in [6.07, 6.45) is -0.277. The fourth-order valence-electron chi connectivity index (χ4n) is 5.15. The Kier molecular flexibility index (Phi) is 13.3. The second kappa shape index (κ2) is 16.9. The van der Waals surface area contributed by atoms with Crippen LogP contribution in [0.25, 0.3) is 0 Å². The fourth-order valence-corrected chi connectivity index (χ4v) is 7.15. The van der Waals surface area contributed by atoms with Crippen molar-refractivity contribution in [2.75, 3.05) is 6.16 Å². The molecule has 0 heterocycles. The van der Waals surface area contributed by atoms with Gasteiger partial charge in [-0.1, -0.05) is 107 Å². The highest BCUT2D eigenvalue weighted by atomic mass is 31.2. The van der Waals surface area contributed by atoms with Crippen LogP contribution < -0.4 is 21.7 Å². The molecular formula is C35H45N4O6P. The van der Waals surface area contributed by atoms with Crippen LogP contribution in [0.15, 0.2) is 91.0 Å². The number of carbonyl (C=O) groups excluding carboxylic acids is 4. The Bertz CT molecular complexity index is 1500. The molecule has 0 aliphatic heterocycles. The lowest BCUT2D eigenvalue weighted by atomic mass is 9.97. The Morgan fingerprint density at radius 2 is 1.13 bits per heavy atom. The van der Waals surface area contributed by atoms with E-state index in [4.69, 9.17) is 5.73 Å². The van der Waals surface area contributed by atoms with E-state index >= 15 is 0 Å². The number of nitrogens with one attached hydrogen (secondary N) is 3. The van der Waals surface area contributed by atoms with Gasteiger partial charge in [0.2, 0.25) is 25.1 Å². The third-order valence-corrected chi connectivity index (χ3v) is 10.0. The lowest BCUT2D eigenvalue weighted by Crippen LogP contribution is -2.57. The van der Waals surface area contributed by atoms with Crippen LogP contribution in [-0.2, 0) is 31.8 Å². The molecule has 5 atom stereocenters. The van der Waals surface area contributed by atoms with Gasteiger partial charge in [0, 0.05) is 18.1 Å². The molecule has 3 aromatic carbocycles. The number of amides is 4. The number of rotatable bonds is 16. The topological polar surface area (TPSA) is 168 Å². The van der Waals surface area contributed by atoms with Gasteiger partial charge >= 0.3 is 0 Å². The van der Waals surface area contributed by atoms with Crippen molar-refractivity contribution >= 4 is 31.0 Å². The molecular weight excluding hydrogens is 603 g/mol. The summed E-state index contributed by atoms with van der Waals surface area (Å²) in [6.45, 7) is 6.99. The second-order valence-electron chi connectivity index (χ2n) is 12.2. The zero-order chi connectivity index (χ0) is 33.9. The first-order chi connectivity index (χ1) is 21.8. The van der Waals surface area contributed by atoms with Crippen LogP contribution in [0, 0.1) is 17.8 Å². The Morgan fingerprint density at radius 1 is 0.674 bits per heavy atom. The summed E-state index contributed by atoms with van der Waals surface area (Å²) in [5.41, 5.74) is 7.33. The van der Waals surface area contributed by atoms with Gasteiger partial charge in [-0.3, -0.25) is 23.7 Å². The quantitative estimate of drug-likeness (QED) is 0.148. The van der Waals surface area contributed by atoms with E-state index in [0.717, 1.165) is 11.1 Å². The molecule has 10 nitrogen and oxygen atoms in total. The average molecular weight is 649 g/mol. The number of hydrogen-bond acceptors (Lipinski definition) is 5. The summed E-state index contributed by atoms with van der Waals surface area (Å²) >= 11 is 0. The van der Waals surface area contributed by atoms with Gasteiger partial charge in [0.15, 0.2) is 0 Å². The summed E-state index contributed by atoms with van der Waals surface area (Å²) in [4.78, 5) is 64.0. The first-order valence-corrected chi connectivity index (χ1v) is 17.3. The van der Waals surface area contributed by atoms with Crippen LogP contribution in [0.4, 0.5) is 0 Å². The predicted octanol–water partition coefficient (Wildman–Crippen LogP) is 3.88. The minimum absolute atomic E-state index is 0.0631. The van der Waals surface area contributed by atoms with Crippen molar-refractivity contribution in [3.8, 4) is 0 Å². The van der Waals surface area contributed by atoms with Crippen molar-refractivity contribution in [1.29, 1.82) is 0 Å². The van der Waals surface area contributed by atoms with Crippen LogP contribution in [0.5, 0.6) is 0 Å². The Morgan fingerprint density at radius 3 is 1.61 bits per heavy atom. The summed E-state index contributed by atoms with van der Waals surface area (Å²) in [6, 6.07) is 24.5. The second-order valence-corrected chi connectivity index (χ2v) is 14.7. The zero-order valence-electron chi connectivity index (χ0n) is 26.8. The molecule has 0 fully saturated rings. The normalized spacial score (nSPS) is 15.2. The average Bonchev–Trinajstić information content (AvgIpc) is 3.02. The van der Waals surface area contributed by atoms with Crippen molar-refractivity contribution in [2.24, 2.45) is 23.5 Å². The van der Waals surface area contributed by atoms with E-state index in [1.807, 2.05) is 24.3 Å². The van der Waals surface area contributed by atoms with Gasteiger partial charge in [-0.2, -0.15) is 0 Å². The standard InChI is InChI=1S/C35H45N4O6P/c1-23(2)30(32(36)40)38-35(43)31(24(3)4)39-34(42)28(20-25-14-8-5-9-15-25)22-46(44,45)29(21-26-16-10-6-11-17-26)37-33(41)27-18-12-7-13-19-27/h5-19,23-24,28-31H,20-22H2,1-4H3,(H2,36,40)(H,37,41)(H,38,43)(H,39,42)(H,44,45)/t28?,29?,30-,31-/m0/s1. The molecule has 46 heavy (non-hydrogen) atoms. The molecule has 0 aliphatic rings. The first kappa shape index (κ1) is 36.2. The van der Waals surface area contributed by atoms with Gasteiger partial charge in [0.25, 0.3) is 5.91 Å². The largest absolute Gasteiger partial charge is 0.368 e. The van der Waals surface area contributed by atoms with E-state index in [-0.39, 0.29) is 24.7 Å². The van der Waals surface area contributed by atoms with Gasteiger partial charge < -0.3 is 26.6 Å². The minimum atomic E-state index is -4.28. The molecule has 3 aromatic rings. The molecule has 0 aromatic heterocycles. The van der Waals surface area contributed by atoms with Crippen molar-refractivity contribution in [3.63, 3.8) is 0 Å². The van der Waals surface area contributed by atoms with E-state index < -0.39 is 60.9 Å². The molecule has 0 saturated heterocycles. The fraction of sp³-hybridized carbons (Fsp3) is 0.371. The lowest BCUT2D eigenvalue weighted by molar-refractivity contribution is -0.133. The van der Waals surface area contributed by atoms with Crippen LogP contribution in [0.3, 0.4) is 0 Å². The minimum Gasteiger partial charge on any atom is -0.368 e. The Balaban J connectivity index is 1.92. The monoisotopic (exact) mass is 648 g/mol. The van der Waals surface area contributed by atoms with E-state index in [2.05, 4.69) is 16.0 Å². The molecule has 0 radical (unpaired) electrons. The van der Waals surface area contributed by atoms with E-state index in [0.29, 0.717) is 5.56 Å². The third kappa shape index (κ3) is 10.7. The number of carbonyl (C=O) groups is 4. The van der Waals surface area contributed by atoms with Crippen molar-refractivity contribution in [3.05, 3.63) is 108 Å². The summed E-state index contributed by atoms with van der Waals surface area (Å²) in [7, 11) is -4.28. The molecule has 4 amide bonds.